The molecule has 2 unspecified atom stereocenters. The number of carbonyl (C=O) groups is 3. The van der Waals surface area contributed by atoms with Crippen LogP contribution in [0.3, 0.4) is 0 Å². The first kappa shape index (κ1) is 25.5. The summed E-state index contributed by atoms with van der Waals surface area (Å²) in [4.78, 5) is 37.8. The molecule has 0 aliphatic heterocycles. The van der Waals surface area contributed by atoms with Gasteiger partial charge < -0.3 is 9.84 Å². The molecular formula is C25H31F3O5S. The van der Waals surface area contributed by atoms with Crippen LogP contribution < -0.4 is 0 Å². The van der Waals surface area contributed by atoms with Gasteiger partial charge >= 0.3 is 5.97 Å². The van der Waals surface area contributed by atoms with Gasteiger partial charge in [0.15, 0.2) is 17.1 Å². The number of rotatable bonds is 4. The molecule has 4 rings (SSSR count). The number of carbonyl (C=O) groups excluding carboxylic acids is 3. The molecular weight excluding hydrogens is 469 g/mol. The minimum atomic E-state index is -2.30. The molecule has 0 bridgehead atoms. The molecule has 0 heterocycles. The highest BCUT2D eigenvalue weighted by Gasteiger charge is 2.78. The minimum absolute atomic E-state index is 0.0141. The molecule has 188 valence electrons. The number of halogens is 3. The number of aliphatic hydroxyl groups excluding tert-OH is 1. The molecule has 3 saturated carbocycles. The van der Waals surface area contributed by atoms with E-state index in [1.807, 2.05) is 0 Å². The first-order chi connectivity index (χ1) is 15.8. The second kappa shape index (κ2) is 8.22. The highest BCUT2D eigenvalue weighted by Crippen LogP contribution is 2.72. The zero-order valence-electron chi connectivity index (χ0n) is 19.8. The molecule has 4 aliphatic carbocycles. The van der Waals surface area contributed by atoms with Crippen molar-refractivity contribution >= 4 is 28.6 Å². The number of hydrogen-bond acceptors (Lipinski definition) is 6. The van der Waals surface area contributed by atoms with E-state index in [-0.39, 0.29) is 31.3 Å². The lowest BCUT2D eigenvalue weighted by Crippen LogP contribution is -2.70. The Morgan fingerprint density at radius 2 is 1.94 bits per heavy atom. The Morgan fingerprint density at radius 3 is 2.56 bits per heavy atom. The highest BCUT2D eigenvalue weighted by atomic mass is 32.2. The van der Waals surface area contributed by atoms with Crippen LogP contribution in [0.4, 0.5) is 13.2 Å². The molecule has 0 radical (unpaired) electrons. The van der Waals surface area contributed by atoms with Crippen LogP contribution in [0.1, 0.15) is 53.4 Å². The van der Waals surface area contributed by atoms with E-state index in [0.29, 0.717) is 11.8 Å². The number of alkyl halides is 3. The monoisotopic (exact) mass is 500 g/mol. The van der Waals surface area contributed by atoms with Crippen LogP contribution in [0, 0.1) is 28.6 Å². The van der Waals surface area contributed by atoms with Crippen LogP contribution in [0.5, 0.6) is 0 Å². The lowest BCUT2D eigenvalue weighted by Gasteiger charge is -2.63. The fourth-order valence-corrected chi connectivity index (χ4v) is 8.42. The Balaban J connectivity index is 1.87. The summed E-state index contributed by atoms with van der Waals surface area (Å²) in [5.41, 5.74) is -6.84. The van der Waals surface area contributed by atoms with E-state index in [2.05, 4.69) is 0 Å². The molecule has 0 aromatic carbocycles. The summed E-state index contributed by atoms with van der Waals surface area (Å²) in [6.07, 6.45) is 0.160. The van der Waals surface area contributed by atoms with Crippen molar-refractivity contribution in [3.8, 4) is 0 Å². The van der Waals surface area contributed by atoms with Gasteiger partial charge in [-0.2, -0.15) is 0 Å². The summed E-state index contributed by atoms with van der Waals surface area (Å²) in [6.45, 7) is 6.45. The lowest BCUT2D eigenvalue weighted by molar-refractivity contribution is -0.228. The molecule has 0 aromatic heterocycles. The van der Waals surface area contributed by atoms with E-state index in [9.17, 15) is 23.9 Å². The maximum absolute atomic E-state index is 17.2. The van der Waals surface area contributed by atoms with Crippen molar-refractivity contribution < 1.29 is 37.4 Å². The Morgan fingerprint density at radius 1 is 1.26 bits per heavy atom. The predicted molar refractivity (Wildman–Crippen MR) is 121 cm³/mol. The second-order valence-corrected chi connectivity index (χ2v) is 11.5. The third-order valence-corrected chi connectivity index (χ3v) is 9.90. The van der Waals surface area contributed by atoms with Crippen molar-refractivity contribution in [2.75, 3.05) is 6.01 Å². The quantitative estimate of drug-likeness (QED) is 0.576. The maximum atomic E-state index is 17.2. The summed E-state index contributed by atoms with van der Waals surface area (Å²) >= 11 is 0.396. The summed E-state index contributed by atoms with van der Waals surface area (Å²) in [5, 5.41) is 10.7. The van der Waals surface area contributed by atoms with Crippen LogP contribution in [-0.2, 0) is 19.1 Å². The fourth-order valence-electron chi connectivity index (χ4n) is 7.63. The molecule has 0 aromatic rings. The Labute approximate surface area is 201 Å². The number of hydrogen-bond donors (Lipinski definition) is 1. The standard InChI is InChI=1S/C25H31F3O5S/c1-5-20(31)33-25(21(32)34-12-26)13(2)8-15-16-10-18(27)17-9-14(29)6-7-22(17,3)24(16,28)19(30)11-23(15,25)4/h6-7,9,13,15-16,18-19,30H,5,8,10-12H2,1-4H3/t13-,15+,16-,18+,19-,22-,23?,24+,25?/m0/s1. The summed E-state index contributed by atoms with van der Waals surface area (Å²) < 4.78 is 51.8. The van der Waals surface area contributed by atoms with Crippen molar-refractivity contribution in [1.29, 1.82) is 0 Å². The zero-order valence-corrected chi connectivity index (χ0v) is 20.6. The van der Waals surface area contributed by atoms with Crippen molar-refractivity contribution in [2.45, 2.75) is 76.9 Å². The summed E-state index contributed by atoms with van der Waals surface area (Å²) in [6, 6.07) is -1.02. The largest absolute Gasteiger partial charge is 0.449 e. The van der Waals surface area contributed by atoms with Crippen LogP contribution in [0.25, 0.3) is 0 Å². The van der Waals surface area contributed by atoms with Gasteiger partial charge in [0.2, 0.25) is 5.12 Å². The average molecular weight is 501 g/mol. The van der Waals surface area contributed by atoms with Gasteiger partial charge in [-0.1, -0.05) is 26.8 Å². The van der Waals surface area contributed by atoms with Gasteiger partial charge in [0.1, 0.15) is 12.2 Å². The van der Waals surface area contributed by atoms with E-state index in [1.54, 1.807) is 20.8 Å². The number of fused-ring (bicyclic) bond motifs is 5. The Hall–Kier alpha value is -1.61. The number of thioether (sulfide) groups is 1. The number of ketones is 1. The zero-order chi connectivity index (χ0) is 25.3. The maximum Gasteiger partial charge on any atom is 0.306 e. The van der Waals surface area contributed by atoms with E-state index >= 15 is 8.78 Å². The van der Waals surface area contributed by atoms with E-state index in [0.717, 1.165) is 6.08 Å². The van der Waals surface area contributed by atoms with E-state index in [4.69, 9.17) is 4.74 Å². The first-order valence-corrected chi connectivity index (χ1v) is 12.7. The van der Waals surface area contributed by atoms with Gasteiger partial charge in [-0.3, -0.25) is 14.4 Å². The topological polar surface area (TPSA) is 80.7 Å². The van der Waals surface area contributed by atoms with Crippen LogP contribution in [0.2, 0.25) is 0 Å². The number of esters is 1. The van der Waals surface area contributed by atoms with Gasteiger partial charge in [0, 0.05) is 29.1 Å². The summed E-state index contributed by atoms with van der Waals surface area (Å²) in [5.74, 6) is -3.30. The van der Waals surface area contributed by atoms with Crippen LogP contribution in [0.15, 0.2) is 23.8 Å². The molecule has 0 spiro atoms. The van der Waals surface area contributed by atoms with Gasteiger partial charge in [-0.05, 0) is 61.6 Å². The van der Waals surface area contributed by atoms with Crippen molar-refractivity contribution in [1.82, 2.24) is 0 Å². The van der Waals surface area contributed by atoms with Crippen molar-refractivity contribution in [3.05, 3.63) is 23.8 Å². The molecule has 3 fully saturated rings. The third kappa shape index (κ3) is 3.01. The molecule has 0 saturated heterocycles. The van der Waals surface area contributed by atoms with Gasteiger partial charge in [0.05, 0.1) is 6.10 Å². The van der Waals surface area contributed by atoms with Crippen molar-refractivity contribution in [2.24, 2.45) is 28.6 Å². The Kier molecular flexibility index (Phi) is 6.16. The average Bonchev–Trinajstić information content (AvgIpc) is 2.99. The SMILES string of the molecule is CCC(=O)OC1(C(=O)SCF)[C@@H](C)C[C@@H]2[C@@H]3C[C@@H](F)C4=CC(=O)C=C[C@]4(C)[C@]3(F)[C@@H](O)CC21C. The Bertz CT molecular complexity index is 984. The number of allylic oxidation sites excluding steroid dienone is 4. The number of aliphatic hydroxyl groups is 1. The normalized spacial score (nSPS) is 47.4. The second-order valence-electron chi connectivity index (χ2n) is 10.6. The third-order valence-electron chi connectivity index (χ3n) is 9.22. The van der Waals surface area contributed by atoms with Crippen molar-refractivity contribution in [3.63, 3.8) is 0 Å². The van der Waals surface area contributed by atoms with Crippen LogP contribution in [-0.4, -0.2) is 51.5 Å². The predicted octanol–water partition coefficient (Wildman–Crippen LogP) is 4.43. The van der Waals surface area contributed by atoms with Crippen LogP contribution >= 0.6 is 11.8 Å². The summed E-state index contributed by atoms with van der Waals surface area (Å²) in [7, 11) is 0. The molecule has 0 amide bonds. The van der Waals surface area contributed by atoms with E-state index < -0.39 is 75.0 Å². The van der Waals surface area contributed by atoms with Gasteiger partial charge in [-0.25, -0.2) is 13.2 Å². The molecule has 5 nitrogen and oxygen atoms in total. The number of ether oxygens (including phenoxy) is 1. The highest BCUT2D eigenvalue weighted by molar-refractivity contribution is 8.13. The van der Waals surface area contributed by atoms with E-state index in [1.165, 1.54) is 19.1 Å². The fraction of sp³-hybridized carbons (Fsp3) is 0.720. The lowest BCUT2D eigenvalue weighted by atomic mass is 9.44. The minimum Gasteiger partial charge on any atom is -0.449 e. The molecule has 1 N–H and O–H groups in total. The first-order valence-electron chi connectivity index (χ1n) is 11.7. The van der Waals surface area contributed by atoms with Gasteiger partial charge in [-0.15, -0.1) is 0 Å². The molecule has 4 aliphatic rings. The smallest absolute Gasteiger partial charge is 0.306 e. The molecule has 9 heteroatoms. The molecule has 34 heavy (non-hydrogen) atoms. The van der Waals surface area contributed by atoms with Gasteiger partial charge in [0.25, 0.3) is 0 Å². The molecule has 9 atom stereocenters.